The zero-order chi connectivity index (χ0) is 22.0. The lowest BCUT2D eigenvalue weighted by atomic mass is 10.1. The van der Waals surface area contributed by atoms with Gasteiger partial charge in [0.25, 0.3) is 0 Å². The predicted octanol–water partition coefficient (Wildman–Crippen LogP) is 4.09. The number of hydrogen-bond donors (Lipinski definition) is 2. The third-order valence-corrected chi connectivity index (χ3v) is 5.50. The van der Waals surface area contributed by atoms with Crippen molar-refractivity contribution in [2.24, 2.45) is 0 Å². The van der Waals surface area contributed by atoms with Crippen LogP contribution in [0.5, 0.6) is 0 Å². The van der Waals surface area contributed by atoms with Gasteiger partial charge in [-0.05, 0) is 44.0 Å². The van der Waals surface area contributed by atoms with Gasteiger partial charge in [-0.2, -0.15) is 10.4 Å². The highest BCUT2D eigenvalue weighted by atomic mass is 19.1. The molecule has 1 saturated heterocycles. The molecule has 7 nitrogen and oxygen atoms in total. The SMILES string of the molecule is Cc1ccc(-n2nc(-c3ccc(C#N)c(F)c3)cc2N2CCC(NC(=O)O)CC2)cc1. The van der Waals surface area contributed by atoms with Crippen LogP contribution in [-0.4, -0.2) is 40.1 Å². The van der Waals surface area contributed by atoms with E-state index in [4.69, 9.17) is 15.5 Å². The number of hydrogen-bond acceptors (Lipinski definition) is 4. The Morgan fingerprint density at radius 2 is 1.90 bits per heavy atom. The molecule has 1 fully saturated rings. The first-order valence-electron chi connectivity index (χ1n) is 10.1. The highest BCUT2D eigenvalue weighted by molar-refractivity contribution is 5.67. The number of halogens is 1. The van der Waals surface area contributed by atoms with Crippen molar-refractivity contribution in [1.82, 2.24) is 15.1 Å². The van der Waals surface area contributed by atoms with E-state index >= 15 is 0 Å². The Morgan fingerprint density at radius 1 is 1.19 bits per heavy atom. The molecular formula is C23H22FN5O2. The van der Waals surface area contributed by atoms with E-state index in [1.807, 2.05) is 48.0 Å². The predicted molar refractivity (Wildman–Crippen MR) is 115 cm³/mol. The molecule has 0 atom stereocenters. The molecule has 1 aromatic heterocycles. The van der Waals surface area contributed by atoms with Gasteiger partial charge in [0.1, 0.15) is 17.7 Å². The first-order chi connectivity index (χ1) is 14.9. The lowest BCUT2D eigenvalue weighted by molar-refractivity contribution is 0.187. The smallest absolute Gasteiger partial charge is 0.404 e. The number of rotatable bonds is 4. The number of carbonyl (C=O) groups is 1. The standard InChI is InChI=1S/C23H22FN5O2/c1-15-2-6-19(7-3-15)29-22(28-10-8-18(9-11-28)26-23(30)31)13-21(27-29)16-4-5-17(14-25)20(24)12-16/h2-7,12-13,18,26H,8-11H2,1H3,(H,30,31). The van der Waals surface area contributed by atoms with E-state index in [-0.39, 0.29) is 11.6 Å². The third-order valence-electron chi connectivity index (χ3n) is 5.50. The summed E-state index contributed by atoms with van der Waals surface area (Å²) in [5, 5.41) is 25.2. The molecule has 0 saturated carbocycles. The van der Waals surface area contributed by atoms with E-state index < -0.39 is 11.9 Å². The molecule has 0 aliphatic carbocycles. The summed E-state index contributed by atoms with van der Waals surface area (Å²) < 4.78 is 16.0. The topological polar surface area (TPSA) is 94.2 Å². The number of benzene rings is 2. The maximum atomic E-state index is 14.2. The van der Waals surface area contributed by atoms with Gasteiger partial charge in [0.2, 0.25) is 0 Å². The number of carboxylic acid groups (broad SMARTS) is 1. The minimum Gasteiger partial charge on any atom is -0.465 e. The molecular weight excluding hydrogens is 397 g/mol. The van der Waals surface area contributed by atoms with Crippen LogP contribution in [0.25, 0.3) is 16.9 Å². The third kappa shape index (κ3) is 4.36. The summed E-state index contributed by atoms with van der Waals surface area (Å²) in [4.78, 5) is 13.1. The lowest BCUT2D eigenvalue weighted by Gasteiger charge is -2.33. The molecule has 8 heteroatoms. The zero-order valence-corrected chi connectivity index (χ0v) is 17.0. The Morgan fingerprint density at radius 3 is 2.52 bits per heavy atom. The van der Waals surface area contributed by atoms with Crippen LogP contribution in [0.2, 0.25) is 0 Å². The van der Waals surface area contributed by atoms with Crippen LogP contribution in [0.1, 0.15) is 24.0 Å². The van der Waals surface area contributed by atoms with Gasteiger partial charge in [-0.1, -0.05) is 23.8 Å². The number of anilines is 1. The Bertz CT molecular complexity index is 1140. The van der Waals surface area contributed by atoms with Crippen molar-refractivity contribution in [1.29, 1.82) is 5.26 Å². The molecule has 0 bridgehead atoms. The fraction of sp³-hybridized carbons (Fsp3) is 0.261. The zero-order valence-electron chi connectivity index (χ0n) is 17.0. The molecule has 2 heterocycles. The number of piperidine rings is 1. The van der Waals surface area contributed by atoms with Crippen molar-refractivity contribution in [2.75, 3.05) is 18.0 Å². The van der Waals surface area contributed by atoms with E-state index in [0.29, 0.717) is 37.2 Å². The summed E-state index contributed by atoms with van der Waals surface area (Å²) in [5.74, 6) is 0.282. The molecule has 1 amide bonds. The van der Waals surface area contributed by atoms with Crippen LogP contribution in [-0.2, 0) is 0 Å². The van der Waals surface area contributed by atoms with Crippen molar-refractivity contribution < 1.29 is 14.3 Å². The van der Waals surface area contributed by atoms with E-state index in [2.05, 4.69) is 10.2 Å². The van der Waals surface area contributed by atoms with E-state index in [1.54, 1.807) is 6.07 Å². The van der Waals surface area contributed by atoms with Crippen LogP contribution < -0.4 is 10.2 Å². The van der Waals surface area contributed by atoms with Crippen LogP contribution in [0.4, 0.5) is 15.0 Å². The van der Waals surface area contributed by atoms with Gasteiger partial charge in [0.15, 0.2) is 0 Å². The molecule has 0 spiro atoms. The van der Waals surface area contributed by atoms with Crippen LogP contribution in [0.15, 0.2) is 48.5 Å². The maximum Gasteiger partial charge on any atom is 0.404 e. The summed E-state index contributed by atoms with van der Waals surface area (Å²) in [6, 6.07) is 16.1. The summed E-state index contributed by atoms with van der Waals surface area (Å²) >= 11 is 0. The number of nitriles is 1. The molecule has 0 unspecified atom stereocenters. The Hall–Kier alpha value is -3.86. The van der Waals surface area contributed by atoms with Crippen molar-refractivity contribution in [2.45, 2.75) is 25.8 Å². The molecule has 31 heavy (non-hydrogen) atoms. The largest absolute Gasteiger partial charge is 0.465 e. The van der Waals surface area contributed by atoms with Gasteiger partial charge in [-0.25, -0.2) is 13.9 Å². The highest BCUT2D eigenvalue weighted by Gasteiger charge is 2.24. The van der Waals surface area contributed by atoms with Gasteiger partial charge >= 0.3 is 6.09 Å². The summed E-state index contributed by atoms with van der Waals surface area (Å²) in [5.41, 5.74) is 3.20. The second kappa shape index (κ2) is 8.48. The molecule has 3 aromatic rings. The number of nitrogens with one attached hydrogen (secondary N) is 1. The highest BCUT2D eigenvalue weighted by Crippen LogP contribution is 2.30. The van der Waals surface area contributed by atoms with Gasteiger partial charge in [0.05, 0.1) is 16.9 Å². The summed E-state index contributed by atoms with van der Waals surface area (Å²) in [6.45, 7) is 3.35. The van der Waals surface area contributed by atoms with Crippen molar-refractivity contribution in [3.05, 3.63) is 65.5 Å². The minimum absolute atomic E-state index is 0.00468. The van der Waals surface area contributed by atoms with Crippen LogP contribution in [0, 0.1) is 24.1 Å². The first-order valence-corrected chi connectivity index (χ1v) is 10.1. The molecule has 1 aliphatic rings. The number of nitrogens with zero attached hydrogens (tertiary/aromatic N) is 4. The molecule has 4 rings (SSSR count). The van der Waals surface area contributed by atoms with Crippen LogP contribution in [0.3, 0.4) is 0 Å². The first kappa shape index (κ1) is 20.4. The van der Waals surface area contributed by atoms with Gasteiger partial charge < -0.3 is 15.3 Å². The maximum absolute atomic E-state index is 14.2. The fourth-order valence-electron chi connectivity index (χ4n) is 3.81. The molecule has 2 aromatic carbocycles. The Labute approximate surface area is 179 Å². The summed E-state index contributed by atoms with van der Waals surface area (Å²) in [6.07, 6.45) is 0.367. The summed E-state index contributed by atoms with van der Waals surface area (Å²) in [7, 11) is 0. The second-order valence-corrected chi connectivity index (χ2v) is 7.65. The fourth-order valence-corrected chi connectivity index (χ4v) is 3.81. The molecule has 1 aliphatic heterocycles. The van der Waals surface area contributed by atoms with E-state index in [1.165, 1.54) is 12.1 Å². The van der Waals surface area contributed by atoms with Crippen molar-refractivity contribution in [3.8, 4) is 23.0 Å². The Balaban J connectivity index is 1.70. The second-order valence-electron chi connectivity index (χ2n) is 7.65. The Kier molecular flexibility index (Phi) is 5.58. The minimum atomic E-state index is -1.01. The van der Waals surface area contributed by atoms with E-state index in [0.717, 1.165) is 17.1 Å². The molecule has 0 radical (unpaired) electrons. The average molecular weight is 419 g/mol. The van der Waals surface area contributed by atoms with Gasteiger partial charge in [0, 0.05) is 30.8 Å². The van der Waals surface area contributed by atoms with Crippen molar-refractivity contribution >= 4 is 11.9 Å². The van der Waals surface area contributed by atoms with Crippen LogP contribution >= 0.6 is 0 Å². The number of amides is 1. The van der Waals surface area contributed by atoms with E-state index in [9.17, 15) is 9.18 Å². The molecule has 158 valence electrons. The van der Waals surface area contributed by atoms with Crippen molar-refractivity contribution in [3.63, 3.8) is 0 Å². The monoisotopic (exact) mass is 419 g/mol. The van der Waals surface area contributed by atoms with Gasteiger partial charge in [-0.15, -0.1) is 0 Å². The lowest BCUT2D eigenvalue weighted by Crippen LogP contribution is -2.44. The van der Waals surface area contributed by atoms with Gasteiger partial charge in [-0.3, -0.25) is 0 Å². The number of aromatic nitrogens is 2. The quantitative estimate of drug-likeness (QED) is 0.664. The molecule has 2 N–H and O–H groups in total. The normalized spacial score (nSPS) is 14.3. The number of aryl methyl sites for hydroxylation is 1. The average Bonchev–Trinajstić information content (AvgIpc) is 3.20.